The van der Waals surface area contributed by atoms with Gasteiger partial charge in [-0.05, 0) is 38.0 Å². The molecule has 1 N–H and O–H groups in total. The molecule has 0 saturated carbocycles. The molecule has 0 aromatic rings. The van der Waals surface area contributed by atoms with Crippen molar-refractivity contribution < 1.29 is 14.6 Å². The fourth-order valence-electron chi connectivity index (χ4n) is 4.78. The van der Waals surface area contributed by atoms with Crippen LogP contribution in [0.1, 0.15) is 175 Å². The molecule has 0 aliphatic heterocycles. The monoisotopic (exact) mass is 482 g/mol. The average Bonchev–Trinajstić information content (AvgIpc) is 2.84. The van der Waals surface area contributed by atoms with Crippen LogP contribution in [-0.2, 0) is 9.53 Å². The second-order valence-electron chi connectivity index (χ2n) is 10.8. The fraction of sp³-hybridized carbons (Fsp3) is 0.968. The van der Waals surface area contributed by atoms with Crippen LogP contribution in [0.25, 0.3) is 0 Å². The maximum atomic E-state index is 12.1. The lowest BCUT2D eigenvalue weighted by Gasteiger charge is -2.16. The van der Waals surface area contributed by atoms with Crippen molar-refractivity contribution in [2.45, 2.75) is 181 Å². The van der Waals surface area contributed by atoms with Crippen molar-refractivity contribution in [3.8, 4) is 0 Å². The van der Waals surface area contributed by atoms with Gasteiger partial charge in [-0.15, -0.1) is 0 Å². The highest BCUT2D eigenvalue weighted by Crippen LogP contribution is 2.19. The van der Waals surface area contributed by atoms with Gasteiger partial charge < -0.3 is 9.84 Å². The molecule has 0 aliphatic rings. The van der Waals surface area contributed by atoms with E-state index in [-0.39, 0.29) is 12.1 Å². The van der Waals surface area contributed by atoms with Crippen LogP contribution in [0.15, 0.2) is 0 Å². The summed E-state index contributed by atoms with van der Waals surface area (Å²) in [5.74, 6) is 0.561. The molecule has 0 bridgehead atoms. The number of hydrogen-bond acceptors (Lipinski definition) is 3. The molecule has 0 aromatic carbocycles. The van der Waals surface area contributed by atoms with Crippen LogP contribution in [0, 0.1) is 5.92 Å². The Hall–Kier alpha value is -0.570. The van der Waals surface area contributed by atoms with Crippen molar-refractivity contribution in [1.82, 2.24) is 0 Å². The molecule has 3 heteroatoms. The zero-order chi connectivity index (χ0) is 25.1. The van der Waals surface area contributed by atoms with E-state index in [2.05, 4.69) is 20.8 Å². The van der Waals surface area contributed by atoms with E-state index in [9.17, 15) is 9.90 Å². The highest BCUT2D eigenvalue weighted by molar-refractivity contribution is 5.69. The molecule has 0 rings (SSSR count). The molecule has 2 atom stereocenters. The normalized spacial score (nSPS) is 13.2. The van der Waals surface area contributed by atoms with Gasteiger partial charge in [-0.25, -0.2) is 0 Å². The van der Waals surface area contributed by atoms with E-state index in [1.54, 1.807) is 0 Å². The predicted molar refractivity (Wildman–Crippen MR) is 148 cm³/mol. The minimum absolute atomic E-state index is 0.00328. The first kappa shape index (κ1) is 33.4. The lowest BCUT2D eigenvalue weighted by molar-refractivity contribution is -0.145. The Kier molecular flexibility index (Phi) is 26.6. The first-order valence-electron chi connectivity index (χ1n) is 15.5. The quantitative estimate of drug-likeness (QED) is 0.0935. The van der Waals surface area contributed by atoms with E-state index < -0.39 is 0 Å². The van der Waals surface area contributed by atoms with Crippen molar-refractivity contribution in [2.24, 2.45) is 5.92 Å². The number of ether oxygens (including phenoxy) is 1. The molecule has 0 amide bonds. The highest BCUT2D eigenvalue weighted by atomic mass is 16.5. The number of rotatable bonds is 27. The van der Waals surface area contributed by atoms with Gasteiger partial charge in [-0.2, -0.15) is 0 Å². The van der Waals surface area contributed by atoms with Crippen molar-refractivity contribution >= 4 is 5.97 Å². The van der Waals surface area contributed by atoms with Gasteiger partial charge in [-0.3, -0.25) is 4.79 Å². The molecule has 0 aliphatic carbocycles. The maximum absolute atomic E-state index is 12.1. The summed E-state index contributed by atoms with van der Waals surface area (Å²) in [6.07, 6.45) is 28.5. The van der Waals surface area contributed by atoms with Crippen molar-refractivity contribution in [1.29, 1.82) is 0 Å². The van der Waals surface area contributed by atoms with Gasteiger partial charge in [0.25, 0.3) is 0 Å². The van der Waals surface area contributed by atoms with Crippen LogP contribution in [0.3, 0.4) is 0 Å². The van der Waals surface area contributed by atoms with Crippen molar-refractivity contribution in [2.75, 3.05) is 6.61 Å². The Morgan fingerprint density at radius 2 is 0.971 bits per heavy atom. The van der Waals surface area contributed by atoms with E-state index in [1.807, 2.05) is 0 Å². The number of aliphatic hydroxyl groups excluding tert-OH is 1. The van der Waals surface area contributed by atoms with Crippen LogP contribution < -0.4 is 0 Å². The molecule has 0 fully saturated rings. The first-order valence-corrected chi connectivity index (χ1v) is 15.5. The molecule has 3 nitrogen and oxygen atoms in total. The summed E-state index contributed by atoms with van der Waals surface area (Å²) in [5.41, 5.74) is 0. The molecule has 0 aromatic heterocycles. The molecular formula is C31H62O3. The maximum Gasteiger partial charge on any atom is 0.305 e. The van der Waals surface area contributed by atoms with Gasteiger partial charge in [0, 0.05) is 6.42 Å². The van der Waals surface area contributed by atoms with E-state index in [4.69, 9.17) is 4.74 Å². The molecular weight excluding hydrogens is 420 g/mol. The molecule has 34 heavy (non-hydrogen) atoms. The Morgan fingerprint density at radius 3 is 1.53 bits per heavy atom. The van der Waals surface area contributed by atoms with Crippen LogP contribution in [0.4, 0.5) is 0 Å². The lowest BCUT2D eigenvalue weighted by atomic mass is 9.96. The largest absolute Gasteiger partial charge is 0.465 e. The molecule has 0 unspecified atom stereocenters. The summed E-state index contributed by atoms with van der Waals surface area (Å²) >= 11 is 0. The van der Waals surface area contributed by atoms with Crippen molar-refractivity contribution in [3.05, 3.63) is 0 Å². The highest BCUT2D eigenvalue weighted by Gasteiger charge is 2.12. The summed E-state index contributed by atoms with van der Waals surface area (Å²) in [7, 11) is 0. The number of unbranched alkanes of at least 4 members (excludes halogenated alkanes) is 15. The summed E-state index contributed by atoms with van der Waals surface area (Å²) in [6, 6.07) is 0. The van der Waals surface area contributed by atoms with E-state index >= 15 is 0 Å². The Balaban J connectivity index is 3.57. The van der Waals surface area contributed by atoms with Gasteiger partial charge in [0.15, 0.2) is 0 Å². The van der Waals surface area contributed by atoms with E-state index in [0.29, 0.717) is 18.9 Å². The van der Waals surface area contributed by atoms with E-state index in [0.717, 1.165) is 32.1 Å². The SMILES string of the molecule is CCCCCCCCC[C@H](O)CCCCCCCCC(=O)OC[C@H](CCCC)CCCCCC. The number of carbonyl (C=O) groups excluding carboxylic acids is 1. The fourth-order valence-corrected chi connectivity index (χ4v) is 4.78. The minimum atomic E-state index is -0.0989. The van der Waals surface area contributed by atoms with Crippen LogP contribution in [0.2, 0.25) is 0 Å². The molecule has 0 radical (unpaired) electrons. The van der Waals surface area contributed by atoms with E-state index in [1.165, 1.54) is 116 Å². The second kappa shape index (κ2) is 27.0. The smallest absolute Gasteiger partial charge is 0.305 e. The van der Waals surface area contributed by atoms with Crippen LogP contribution in [-0.4, -0.2) is 23.8 Å². The summed E-state index contributed by atoms with van der Waals surface area (Å²) < 4.78 is 5.63. The standard InChI is InChI=1S/C31H62O3/c1-4-7-10-12-13-16-20-25-30(32)26-21-17-14-15-18-22-27-31(33)34-28-29(23-9-6-3)24-19-11-8-5-2/h29-30,32H,4-28H2,1-3H3/t29-,30+/m1/s1. The van der Waals surface area contributed by atoms with Crippen LogP contribution >= 0.6 is 0 Å². The molecule has 0 saturated heterocycles. The van der Waals surface area contributed by atoms with Gasteiger partial charge in [0.05, 0.1) is 12.7 Å². The molecule has 204 valence electrons. The summed E-state index contributed by atoms with van der Waals surface area (Å²) in [4.78, 5) is 12.1. The third-order valence-corrected chi connectivity index (χ3v) is 7.22. The first-order chi connectivity index (χ1) is 16.6. The third-order valence-electron chi connectivity index (χ3n) is 7.22. The summed E-state index contributed by atoms with van der Waals surface area (Å²) in [6.45, 7) is 7.37. The van der Waals surface area contributed by atoms with Gasteiger partial charge in [0.1, 0.15) is 0 Å². The van der Waals surface area contributed by atoms with Gasteiger partial charge in [0.2, 0.25) is 0 Å². The number of aliphatic hydroxyl groups is 1. The number of hydrogen-bond donors (Lipinski definition) is 1. The second-order valence-corrected chi connectivity index (χ2v) is 10.8. The third kappa shape index (κ3) is 24.6. The van der Waals surface area contributed by atoms with Gasteiger partial charge >= 0.3 is 5.97 Å². The lowest BCUT2D eigenvalue weighted by Crippen LogP contribution is -2.14. The minimum Gasteiger partial charge on any atom is -0.465 e. The van der Waals surface area contributed by atoms with Crippen LogP contribution in [0.5, 0.6) is 0 Å². The molecule has 0 spiro atoms. The van der Waals surface area contributed by atoms with Gasteiger partial charge in [-0.1, -0.05) is 136 Å². The zero-order valence-corrected chi connectivity index (χ0v) is 23.6. The number of carbonyl (C=O) groups is 1. The Bertz CT molecular complexity index is 409. The van der Waals surface area contributed by atoms with Crippen molar-refractivity contribution in [3.63, 3.8) is 0 Å². The summed E-state index contributed by atoms with van der Waals surface area (Å²) in [5, 5.41) is 10.1. The average molecular weight is 483 g/mol. The molecule has 0 heterocycles. The zero-order valence-electron chi connectivity index (χ0n) is 23.6. The Labute approximate surface area is 214 Å². The topological polar surface area (TPSA) is 46.5 Å². The number of esters is 1. The predicted octanol–water partition coefficient (Wildman–Crippen LogP) is 9.93. The Morgan fingerprint density at radius 1 is 0.559 bits per heavy atom.